The Bertz CT molecular complexity index is 2460. The van der Waals surface area contributed by atoms with Crippen LogP contribution < -0.4 is 9.80 Å². The molecule has 0 aromatic heterocycles. The first-order valence-electron chi connectivity index (χ1n) is 27.1. The van der Waals surface area contributed by atoms with Crippen LogP contribution in [0.15, 0.2) is 60.2 Å². The summed E-state index contributed by atoms with van der Waals surface area (Å²) in [4.78, 5) is 54.6. The fourth-order valence-corrected chi connectivity index (χ4v) is 9.11. The highest BCUT2D eigenvalue weighted by atomic mass is 35.5. The average Bonchev–Trinajstić information content (AvgIpc) is 3.83. The number of fused-ring (bicyclic) bond motifs is 4. The number of aromatic hydroxyl groups is 1. The Labute approximate surface area is 477 Å². The summed E-state index contributed by atoms with van der Waals surface area (Å²) < 4.78 is 81.5. The number of ether oxygens (including phenoxy) is 9. The van der Waals surface area contributed by atoms with E-state index in [-0.39, 0.29) is 35.0 Å². The zero-order chi connectivity index (χ0) is 60.6. The van der Waals surface area contributed by atoms with Gasteiger partial charge in [0.1, 0.15) is 52.4 Å². The molecule has 446 valence electrons. The second kappa shape index (κ2) is 27.6. The van der Waals surface area contributed by atoms with Crippen molar-refractivity contribution in [3.63, 3.8) is 0 Å². The summed E-state index contributed by atoms with van der Waals surface area (Å²) in [6.07, 6.45) is 6.67. The number of methoxy groups -OCH3 is 1. The van der Waals surface area contributed by atoms with Crippen molar-refractivity contribution in [2.45, 2.75) is 190 Å². The topological polar surface area (TPSA) is 178 Å². The van der Waals surface area contributed by atoms with Crippen molar-refractivity contribution in [2.75, 3.05) is 37.1 Å². The van der Waals surface area contributed by atoms with Crippen LogP contribution in [-0.2, 0) is 42.6 Å². The third-order valence-corrected chi connectivity index (χ3v) is 13.9. The zero-order valence-corrected chi connectivity index (χ0v) is 51.2. The molecular formula is C61H87ClF2N2O14. The van der Waals surface area contributed by atoms with Crippen LogP contribution in [0.2, 0.25) is 0 Å². The van der Waals surface area contributed by atoms with Gasteiger partial charge in [0.05, 0.1) is 35.7 Å². The first kappa shape index (κ1) is 67.1. The van der Waals surface area contributed by atoms with Gasteiger partial charge in [0, 0.05) is 56.6 Å². The van der Waals surface area contributed by atoms with Gasteiger partial charge in [-0.2, -0.15) is 0 Å². The number of phenolic OH excluding ortho intramolecular Hbond substituents is 1. The number of alkyl halides is 1. The number of hydrogen-bond acceptors (Lipinski definition) is 14. The molecule has 1 N–H and O–H groups in total. The van der Waals surface area contributed by atoms with Crippen molar-refractivity contribution in [3.05, 3.63) is 88.0 Å². The number of esters is 2. The summed E-state index contributed by atoms with van der Waals surface area (Å²) in [6, 6.07) is 6.72. The largest absolute Gasteiger partial charge is 0.507 e. The number of rotatable bonds is 3. The normalized spacial score (nSPS) is 29.0. The molecule has 80 heavy (non-hydrogen) atoms. The van der Waals surface area contributed by atoms with Crippen molar-refractivity contribution in [2.24, 2.45) is 23.7 Å². The molecule has 2 amide bonds. The van der Waals surface area contributed by atoms with Gasteiger partial charge in [0.25, 0.3) is 0 Å². The first-order valence-corrected chi connectivity index (χ1v) is 27.6. The lowest BCUT2D eigenvalue weighted by atomic mass is 9.93. The lowest BCUT2D eigenvalue weighted by Crippen LogP contribution is -2.34. The highest BCUT2D eigenvalue weighted by molar-refractivity contribution is 6.17. The summed E-state index contributed by atoms with van der Waals surface area (Å²) >= 11 is 4.96. The Morgan fingerprint density at radius 1 is 0.662 bits per heavy atom. The Balaban J connectivity index is 0.000000323. The Hall–Kier alpha value is -5.37. The van der Waals surface area contributed by atoms with Gasteiger partial charge < -0.3 is 47.7 Å². The van der Waals surface area contributed by atoms with Crippen LogP contribution in [0.5, 0.6) is 5.75 Å². The van der Waals surface area contributed by atoms with E-state index in [2.05, 4.69) is 4.74 Å². The number of amides is 2. The van der Waals surface area contributed by atoms with Crippen molar-refractivity contribution in [1.82, 2.24) is 0 Å². The second-order valence-electron chi connectivity index (χ2n) is 23.8. The highest BCUT2D eigenvalue weighted by Gasteiger charge is 2.46. The number of cyclic esters (lactones) is 2. The number of nitrogens with zero attached hydrogens (tertiary/aromatic N) is 2. The molecule has 19 heteroatoms. The number of aryl methyl sites for hydroxylation is 1. The summed E-state index contributed by atoms with van der Waals surface area (Å²) in [7, 11) is 4.69. The van der Waals surface area contributed by atoms with Crippen molar-refractivity contribution in [3.8, 4) is 5.75 Å². The van der Waals surface area contributed by atoms with E-state index in [0.717, 1.165) is 0 Å². The molecule has 2 saturated heterocycles. The van der Waals surface area contributed by atoms with Crippen LogP contribution in [0.3, 0.4) is 0 Å². The van der Waals surface area contributed by atoms with Crippen LogP contribution >= 0.6 is 11.6 Å². The third kappa shape index (κ3) is 18.6. The summed E-state index contributed by atoms with van der Waals surface area (Å²) in [5, 5.41) is 10.9. The van der Waals surface area contributed by atoms with Gasteiger partial charge in [-0.15, -0.1) is 0 Å². The van der Waals surface area contributed by atoms with Gasteiger partial charge in [-0.25, -0.2) is 28.0 Å². The fraction of sp³-hybridized carbons (Fsp3) is 0.607. The maximum atomic E-state index is 15.3. The smallest absolute Gasteiger partial charge is 0.414 e. The SMILES string of the molecule is COCCl.C[C@@H]1/C=C(/F)[C@@H](C)[C@H]2OC(C)(C)O[C@H]2C/C=C/c2cc(N(C)C(=O)OC(C)(C)C)cc(O)c2C(=O)O[C@H]1C.Cc1cc(N(C)C(=O)OC(C)(C)C)cc2c1C(=O)O[C@@H](C)[C@H](C)/C=C(/F)[C@@H](C)[C@H]1OC(C)(C)O[C@H]1C/C=C/2. The number of hydrogen-bond donors (Lipinski definition) is 1. The molecule has 10 atom stereocenters. The molecule has 0 radical (unpaired) electrons. The molecule has 2 aromatic carbocycles. The number of phenols is 1. The first-order chi connectivity index (χ1) is 36.9. The predicted octanol–water partition coefficient (Wildman–Crippen LogP) is 14.2. The van der Waals surface area contributed by atoms with E-state index < -0.39 is 95.2 Å². The van der Waals surface area contributed by atoms with E-state index in [9.17, 15) is 24.3 Å². The maximum absolute atomic E-state index is 15.3. The van der Waals surface area contributed by atoms with Gasteiger partial charge in [0.2, 0.25) is 0 Å². The van der Waals surface area contributed by atoms with Crippen LogP contribution in [0, 0.1) is 30.6 Å². The van der Waals surface area contributed by atoms with E-state index in [1.807, 2.05) is 32.9 Å². The average molecular weight is 1150 g/mol. The lowest BCUT2D eigenvalue weighted by Gasteiger charge is -2.26. The van der Waals surface area contributed by atoms with Gasteiger partial charge in [-0.1, -0.05) is 63.6 Å². The molecule has 2 aromatic rings. The Morgan fingerprint density at radius 2 is 1.02 bits per heavy atom. The third-order valence-electron chi connectivity index (χ3n) is 13.7. The lowest BCUT2D eigenvalue weighted by molar-refractivity contribution is -0.149. The van der Waals surface area contributed by atoms with E-state index in [4.69, 9.17) is 49.5 Å². The number of anilines is 2. The van der Waals surface area contributed by atoms with Crippen LogP contribution in [-0.4, -0.2) is 116 Å². The molecular weight excluding hydrogens is 1060 g/mol. The minimum absolute atomic E-state index is 0.0583. The minimum Gasteiger partial charge on any atom is -0.507 e. The van der Waals surface area contributed by atoms with Crippen molar-refractivity contribution >= 4 is 59.3 Å². The molecule has 4 aliphatic rings. The Morgan fingerprint density at radius 3 is 1.40 bits per heavy atom. The number of carbonyl (C=O) groups is 4. The van der Waals surface area contributed by atoms with Crippen LogP contribution in [0.4, 0.5) is 29.7 Å². The van der Waals surface area contributed by atoms with Crippen LogP contribution in [0.1, 0.15) is 161 Å². The molecule has 0 unspecified atom stereocenters. The predicted molar refractivity (Wildman–Crippen MR) is 306 cm³/mol. The van der Waals surface area contributed by atoms with Crippen molar-refractivity contribution < 1.29 is 75.7 Å². The van der Waals surface area contributed by atoms with E-state index >= 15 is 8.78 Å². The van der Waals surface area contributed by atoms with Crippen molar-refractivity contribution in [1.29, 1.82) is 0 Å². The van der Waals surface area contributed by atoms with E-state index in [1.165, 1.54) is 35.1 Å². The summed E-state index contributed by atoms with van der Waals surface area (Å²) in [6.45, 7) is 30.2. The maximum Gasteiger partial charge on any atom is 0.414 e. The molecule has 0 saturated carbocycles. The fourth-order valence-electron chi connectivity index (χ4n) is 9.11. The molecule has 4 aliphatic heterocycles. The number of halogens is 3. The Kier molecular flexibility index (Phi) is 23.2. The van der Waals surface area contributed by atoms with Gasteiger partial charge in [0.15, 0.2) is 11.6 Å². The van der Waals surface area contributed by atoms with Gasteiger partial charge in [-0.05, 0) is 150 Å². The monoisotopic (exact) mass is 1140 g/mol. The van der Waals surface area contributed by atoms with Gasteiger partial charge >= 0.3 is 24.1 Å². The molecule has 2 fully saturated rings. The molecule has 0 aliphatic carbocycles. The van der Waals surface area contributed by atoms with E-state index in [1.54, 1.807) is 141 Å². The van der Waals surface area contributed by atoms with E-state index in [0.29, 0.717) is 52.5 Å². The summed E-state index contributed by atoms with van der Waals surface area (Å²) in [5.74, 6) is -5.96. The minimum atomic E-state index is -0.886. The molecule has 6 rings (SSSR count). The highest BCUT2D eigenvalue weighted by Crippen LogP contribution is 2.40. The van der Waals surface area contributed by atoms with Gasteiger partial charge in [-0.3, -0.25) is 9.80 Å². The number of benzene rings is 2. The molecule has 0 bridgehead atoms. The molecule has 0 spiro atoms. The zero-order valence-electron chi connectivity index (χ0n) is 50.5. The second-order valence-corrected chi connectivity index (χ2v) is 24.0. The number of carbonyl (C=O) groups excluding carboxylic acids is 4. The quantitative estimate of drug-likeness (QED) is 0.174. The van der Waals surface area contributed by atoms with Crippen LogP contribution in [0.25, 0.3) is 12.2 Å². The summed E-state index contributed by atoms with van der Waals surface area (Å²) in [5.41, 5.74) is 1.46. The molecule has 16 nitrogen and oxygen atoms in total. The standard InChI is InChI=1S/C30H42FNO6.C29H40FNO7.C2H5ClO/c1-17-15-23(31)19(3)26-24(36-30(8,9)37-26)13-11-12-21-16-22(32(10)28(34)38-29(5,6)7)14-18(2)25(21)27(33)35-20(17)4;1-16-13-21(30)17(2)25-23(36-29(7,8)37-25)12-10-11-19-14-20(31(9)27(34)38-28(4,5)6)15-22(32)24(19)26(33)35-18(16)3;1-4-2-3/h11-12,14-17,19-20,24,26H,13H2,1-10H3;10-11,13-18,23,25,32H,12H2,1-9H3;2H2,1H3/b12-11+,23-15+;11-10+,21-13+;/t17-,19-,20+,24+,26-;16-,17-,18+,23+,25-;/m11./s1. The molecule has 4 heterocycles.